The van der Waals surface area contributed by atoms with E-state index in [9.17, 15) is 9.59 Å². The number of rotatable bonds is 3. The number of aryl methyl sites for hydroxylation is 1. The Labute approximate surface area is 128 Å². The van der Waals surface area contributed by atoms with Gasteiger partial charge < -0.3 is 10.6 Å². The summed E-state index contributed by atoms with van der Waals surface area (Å²) in [6, 6.07) is 7.11. The highest BCUT2D eigenvalue weighted by atomic mass is 16.2. The molecule has 0 fully saturated rings. The van der Waals surface area contributed by atoms with E-state index in [-0.39, 0.29) is 24.3 Å². The van der Waals surface area contributed by atoms with Crippen LogP contribution in [0.2, 0.25) is 0 Å². The van der Waals surface area contributed by atoms with E-state index in [4.69, 9.17) is 0 Å². The summed E-state index contributed by atoms with van der Waals surface area (Å²) in [5.74, 6) is 0.303. The summed E-state index contributed by atoms with van der Waals surface area (Å²) in [7, 11) is 0. The Bertz CT molecular complexity index is 712. The number of nitrogens with one attached hydrogen (secondary N) is 2. The lowest BCUT2D eigenvalue weighted by atomic mass is 9.97. The van der Waals surface area contributed by atoms with Crippen molar-refractivity contribution in [3.05, 3.63) is 53.6 Å². The first-order chi connectivity index (χ1) is 10.7. The van der Waals surface area contributed by atoms with Gasteiger partial charge in [0.1, 0.15) is 5.82 Å². The summed E-state index contributed by atoms with van der Waals surface area (Å²) in [4.78, 5) is 32.3. The molecule has 0 saturated heterocycles. The lowest BCUT2D eigenvalue weighted by Crippen LogP contribution is -2.35. The molecule has 3 rings (SSSR count). The first kappa shape index (κ1) is 14.2. The lowest BCUT2D eigenvalue weighted by Gasteiger charge is -2.26. The van der Waals surface area contributed by atoms with Gasteiger partial charge >= 0.3 is 0 Å². The maximum absolute atomic E-state index is 12.3. The second-order valence-electron chi connectivity index (χ2n) is 5.11. The molecule has 2 aromatic rings. The van der Waals surface area contributed by atoms with Crippen LogP contribution in [0.25, 0.3) is 0 Å². The highest BCUT2D eigenvalue weighted by Gasteiger charge is 2.26. The number of amides is 2. The number of hydrogen-bond donors (Lipinski definition) is 2. The van der Waals surface area contributed by atoms with Crippen LogP contribution in [0.15, 0.2) is 36.7 Å². The average molecular weight is 296 g/mol. The van der Waals surface area contributed by atoms with Gasteiger partial charge in [-0.25, -0.2) is 9.97 Å². The van der Waals surface area contributed by atoms with Gasteiger partial charge in [-0.1, -0.05) is 25.1 Å². The molecule has 1 aliphatic heterocycles. The van der Waals surface area contributed by atoms with Crippen molar-refractivity contribution in [3.8, 4) is 0 Å². The molecular weight excluding hydrogens is 280 g/mol. The largest absolute Gasteiger partial charge is 0.345 e. The summed E-state index contributed by atoms with van der Waals surface area (Å²) in [5, 5.41) is 5.68. The molecule has 6 heteroatoms. The van der Waals surface area contributed by atoms with Crippen LogP contribution in [0.3, 0.4) is 0 Å². The smallest absolute Gasteiger partial charge is 0.254 e. The monoisotopic (exact) mass is 296 g/mol. The van der Waals surface area contributed by atoms with E-state index in [0.29, 0.717) is 11.4 Å². The number of benzene rings is 1. The zero-order valence-electron chi connectivity index (χ0n) is 12.2. The van der Waals surface area contributed by atoms with Gasteiger partial charge in [-0.05, 0) is 11.6 Å². The van der Waals surface area contributed by atoms with E-state index >= 15 is 0 Å². The number of nitrogens with zero attached hydrogens (tertiary/aromatic N) is 2. The van der Waals surface area contributed by atoms with Gasteiger partial charge in [-0.3, -0.25) is 9.59 Å². The second-order valence-corrected chi connectivity index (χ2v) is 5.11. The highest BCUT2D eigenvalue weighted by molar-refractivity contribution is 5.97. The van der Waals surface area contributed by atoms with Crippen LogP contribution in [0.4, 0.5) is 5.69 Å². The van der Waals surface area contributed by atoms with Crippen molar-refractivity contribution >= 4 is 17.5 Å². The SMILES string of the molecule is CCc1ncc(C(=O)N[C@H]2CC(=O)Nc3ccccc32)cn1. The first-order valence-electron chi connectivity index (χ1n) is 7.18. The highest BCUT2D eigenvalue weighted by Crippen LogP contribution is 2.30. The quantitative estimate of drug-likeness (QED) is 0.905. The molecule has 0 spiro atoms. The lowest BCUT2D eigenvalue weighted by molar-refractivity contribution is -0.116. The topological polar surface area (TPSA) is 84.0 Å². The molecule has 1 aromatic carbocycles. The molecular formula is C16H16N4O2. The van der Waals surface area contributed by atoms with Gasteiger partial charge in [0.05, 0.1) is 18.0 Å². The van der Waals surface area contributed by atoms with E-state index in [2.05, 4.69) is 20.6 Å². The Hall–Kier alpha value is -2.76. The summed E-state index contributed by atoms with van der Waals surface area (Å²) in [6.45, 7) is 1.95. The van der Waals surface area contributed by atoms with Gasteiger partial charge in [0, 0.05) is 24.5 Å². The number of fused-ring (bicyclic) bond motifs is 1. The zero-order chi connectivity index (χ0) is 15.5. The van der Waals surface area contributed by atoms with Crippen LogP contribution in [0.1, 0.15) is 41.1 Å². The maximum Gasteiger partial charge on any atom is 0.254 e. The number of para-hydroxylation sites is 1. The first-order valence-corrected chi connectivity index (χ1v) is 7.18. The Morgan fingerprint density at radius 3 is 2.77 bits per heavy atom. The molecule has 1 atom stereocenters. The van der Waals surface area contributed by atoms with Crippen LogP contribution >= 0.6 is 0 Å². The summed E-state index contributed by atoms with van der Waals surface area (Å²) >= 11 is 0. The fourth-order valence-corrected chi connectivity index (χ4v) is 2.44. The normalized spacial score (nSPS) is 16.6. The van der Waals surface area contributed by atoms with Gasteiger partial charge in [-0.2, -0.15) is 0 Å². The van der Waals surface area contributed by atoms with E-state index in [1.165, 1.54) is 12.4 Å². The van der Waals surface area contributed by atoms with Crippen LogP contribution in [0.5, 0.6) is 0 Å². The molecule has 2 N–H and O–H groups in total. The van der Waals surface area contributed by atoms with Gasteiger partial charge in [0.25, 0.3) is 5.91 Å². The molecule has 0 radical (unpaired) electrons. The Morgan fingerprint density at radius 1 is 1.32 bits per heavy atom. The molecule has 2 heterocycles. The molecule has 0 aliphatic carbocycles. The summed E-state index contributed by atoms with van der Waals surface area (Å²) in [6.07, 6.45) is 3.96. The zero-order valence-corrected chi connectivity index (χ0v) is 12.2. The molecule has 0 unspecified atom stereocenters. The van der Waals surface area contributed by atoms with Crippen molar-refractivity contribution in [2.75, 3.05) is 5.32 Å². The number of anilines is 1. The molecule has 22 heavy (non-hydrogen) atoms. The van der Waals surface area contributed by atoms with Crippen LogP contribution in [0, 0.1) is 0 Å². The van der Waals surface area contributed by atoms with Crippen molar-refractivity contribution in [1.82, 2.24) is 15.3 Å². The van der Waals surface area contributed by atoms with Crippen molar-refractivity contribution in [2.45, 2.75) is 25.8 Å². The van der Waals surface area contributed by atoms with Crippen LogP contribution < -0.4 is 10.6 Å². The Kier molecular flexibility index (Phi) is 3.82. The fourth-order valence-electron chi connectivity index (χ4n) is 2.44. The third-order valence-electron chi connectivity index (χ3n) is 3.59. The molecule has 2 amide bonds. The van der Waals surface area contributed by atoms with E-state index in [0.717, 1.165) is 17.7 Å². The minimum absolute atomic E-state index is 0.110. The Morgan fingerprint density at radius 2 is 2.05 bits per heavy atom. The Balaban J connectivity index is 1.80. The molecule has 0 bridgehead atoms. The average Bonchev–Trinajstić information content (AvgIpc) is 2.54. The van der Waals surface area contributed by atoms with Gasteiger partial charge in [0.15, 0.2) is 0 Å². The fraction of sp³-hybridized carbons (Fsp3) is 0.250. The second kappa shape index (κ2) is 5.93. The van der Waals surface area contributed by atoms with Crippen molar-refractivity contribution < 1.29 is 9.59 Å². The predicted octanol–water partition coefficient (Wildman–Crippen LogP) is 1.85. The van der Waals surface area contributed by atoms with Crippen LogP contribution in [-0.2, 0) is 11.2 Å². The number of hydrogen-bond acceptors (Lipinski definition) is 4. The van der Waals surface area contributed by atoms with Gasteiger partial charge in [-0.15, -0.1) is 0 Å². The molecule has 1 aliphatic rings. The molecule has 112 valence electrons. The summed E-state index contributed by atoms with van der Waals surface area (Å²) < 4.78 is 0. The van der Waals surface area contributed by atoms with E-state index < -0.39 is 0 Å². The van der Waals surface area contributed by atoms with Crippen molar-refractivity contribution in [1.29, 1.82) is 0 Å². The maximum atomic E-state index is 12.3. The number of carbonyl (C=O) groups excluding carboxylic acids is 2. The van der Waals surface area contributed by atoms with Crippen molar-refractivity contribution in [3.63, 3.8) is 0 Å². The van der Waals surface area contributed by atoms with E-state index in [1.54, 1.807) is 0 Å². The third-order valence-corrected chi connectivity index (χ3v) is 3.59. The molecule has 6 nitrogen and oxygen atoms in total. The van der Waals surface area contributed by atoms with E-state index in [1.807, 2.05) is 31.2 Å². The molecule has 1 aromatic heterocycles. The summed E-state index contributed by atoms with van der Waals surface area (Å²) in [5.41, 5.74) is 2.03. The minimum atomic E-state index is -0.344. The number of carbonyl (C=O) groups is 2. The molecule has 0 saturated carbocycles. The predicted molar refractivity (Wildman–Crippen MR) is 81.3 cm³/mol. The van der Waals surface area contributed by atoms with Crippen LogP contribution in [-0.4, -0.2) is 21.8 Å². The minimum Gasteiger partial charge on any atom is -0.345 e. The van der Waals surface area contributed by atoms with Gasteiger partial charge in [0.2, 0.25) is 5.91 Å². The standard InChI is InChI=1S/C16H16N4O2/c1-2-14-17-8-10(9-18-14)16(22)20-13-7-15(21)19-12-6-4-3-5-11(12)13/h3-6,8-9,13H,2,7H2,1H3,(H,19,21)(H,20,22)/t13-/m0/s1. The third kappa shape index (κ3) is 2.81. The number of aromatic nitrogens is 2. The van der Waals surface area contributed by atoms with Crippen molar-refractivity contribution in [2.24, 2.45) is 0 Å².